The highest BCUT2D eigenvalue weighted by Gasteiger charge is 2.13. The minimum atomic E-state index is -1.48. The number of hydrogen-bond donors (Lipinski definition) is 2. The van der Waals surface area contributed by atoms with Crippen molar-refractivity contribution in [3.05, 3.63) is 18.3 Å². The van der Waals surface area contributed by atoms with Crippen LogP contribution in [0.25, 0.3) is 0 Å². The fourth-order valence-electron chi connectivity index (χ4n) is 0.920. The van der Waals surface area contributed by atoms with Crippen molar-refractivity contribution in [2.24, 2.45) is 5.41 Å². The quantitative estimate of drug-likeness (QED) is 0.697. The second-order valence-electron chi connectivity index (χ2n) is 4.65. The molecule has 0 aliphatic rings. The molecule has 0 aliphatic carbocycles. The predicted octanol–water partition coefficient (Wildman–Crippen LogP) is 0.186. The number of rotatable bonds is 3. The Morgan fingerprint density at radius 2 is 2.00 bits per heavy atom. The van der Waals surface area contributed by atoms with Gasteiger partial charge in [-0.3, -0.25) is 0 Å². The minimum absolute atomic E-state index is 0.0802. The number of pyridine rings is 1. The predicted molar refractivity (Wildman–Crippen MR) is 59.0 cm³/mol. The van der Waals surface area contributed by atoms with E-state index in [0.29, 0.717) is 17.9 Å². The van der Waals surface area contributed by atoms with E-state index in [1.54, 1.807) is 12.1 Å². The molecule has 0 aliphatic heterocycles. The molecule has 1 rings (SSSR count). The molecule has 2 N–H and O–H groups in total. The Morgan fingerprint density at radius 1 is 1.33 bits per heavy atom. The zero-order valence-electron chi connectivity index (χ0n) is 9.27. The van der Waals surface area contributed by atoms with Crippen molar-refractivity contribution < 1.29 is 14.8 Å². The molecule has 0 unspecified atom stereocenters. The highest BCUT2D eigenvalue weighted by molar-refractivity contribution is 6.58. The highest BCUT2D eigenvalue weighted by Crippen LogP contribution is 2.14. The van der Waals surface area contributed by atoms with E-state index in [0.717, 1.165) is 0 Å². The smallest absolute Gasteiger partial charge is 0.477 e. The molecule has 0 bridgehead atoms. The van der Waals surface area contributed by atoms with Crippen molar-refractivity contribution in [1.82, 2.24) is 4.98 Å². The third-order valence-electron chi connectivity index (χ3n) is 1.71. The number of ether oxygens (including phenoxy) is 1. The van der Waals surface area contributed by atoms with E-state index < -0.39 is 7.12 Å². The molecule has 0 spiro atoms. The molecule has 0 aromatic carbocycles. The average Bonchev–Trinajstić information content (AvgIpc) is 2.14. The van der Waals surface area contributed by atoms with Crippen LogP contribution in [0.4, 0.5) is 0 Å². The number of hydrogen-bond acceptors (Lipinski definition) is 4. The van der Waals surface area contributed by atoms with Crippen LogP contribution in [0, 0.1) is 5.41 Å². The first-order valence-corrected chi connectivity index (χ1v) is 4.83. The van der Waals surface area contributed by atoms with Crippen LogP contribution in [0.5, 0.6) is 5.88 Å². The van der Waals surface area contributed by atoms with Crippen LogP contribution in [0.1, 0.15) is 20.8 Å². The Hall–Kier alpha value is -1.07. The van der Waals surface area contributed by atoms with E-state index in [1.165, 1.54) is 6.20 Å². The van der Waals surface area contributed by atoms with E-state index in [9.17, 15) is 0 Å². The van der Waals surface area contributed by atoms with Gasteiger partial charge in [0.2, 0.25) is 5.88 Å². The molecule has 82 valence electrons. The summed E-state index contributed by atoms with van der Waals surface area (Å²) in [4.78, 5) is 3.96. The minimum Gasteiger partial charge on any atom is -0.477 e. The lowest BCUT2D eigenvalue weighted by Gasteiger charge is -2.18. The van der Waals surface area contributed by atoms with Crippen LogP contribution in [-0.2, 0) is 0 Å². The van der Waals surface area contributed by atoms with E-state index in [4.69, 9.17) is 14.8 Å². The second-order valence-corrected chi connectivity index (χ2v) is 4.65. The van der Waals surface area contributed by atoms with Crippen molar-refractivity contribution >= 4 is 12.6 Å². The van der Waals surface area contributed by atoms with Gasteiger partial charge in [0.05, 0.1) is 6.61 Å². The Balaban J connectivity index is 2.57. The maximum absolute atomic E-state index is 8.85. The van der Waals surface area contributed by atoms with Crippen LogP contribution in [0.3, 0.4) is 0 Å². The van der Waals surface area contributed by atoms with Gasteiger partial charge >= 0.3 is 7.12 Å². The standard InChI is InChI=1S/C10H16BNO3/c1-10(2,3)7-15-9-5-4-8(6-12-9)11(13)14/h4-6,13-14H,7H2,1-3H3. The molecule has 0 saturated carbocycles. The lowest BCUT2D eigenvalue weighted by atomic mass is 9.82. The molecular formula is C10H16BNO3. The van der Waals surface area contributed by atoms with Crippen LogP contribution >= 0.6 is 0 Å². The SMILES string of the molecule is CC(C)(C)COc1ccc(B(O)O)cn1. The molecule has 0 atom stereocenters. The zero-order chi connectivity index (χ0) is 11.5. The second kappa shape index (κ2) is 4.64. The van der Waals surface area contributed by atoms with Gasteiger partial charge in [-0.15, -0.1) is 0 Å². The van der Waals surface area contributed by atoms with Crippen molar-refractivity contribution in [1.29, 1.82) is 0 Å². The van der Waals surface area contributed by atoms with Crippen LogP contribution < -0.4 is 10.2 Å². The molecule has 0 saturated heterocycles. The van der Waals surface area contributed by atoms with Crippen molar-refractivity contribution in [3.63, 3.8) is 0 Å². The van der Waals surface area contributed by atoms with Crippen molar-refractivity contribution in [2.45, 2.75) is 20.8 Å². The number of aromatic nitrogens is 1. The normalized spacial score (nSPS) is 11.3. The zero-order valence-corrected chi connectivity index (χ0v) is 9.27. The third kappa shape index (κ3) is 4.31. The van der Waals surface area contributed by atoms with E-state index in [1.807, 2.05) is 0 Å². The third-order valence-corrected chi connectivity index (χ3v) is 1.71. The molecular weight excluding hydrogens is 193 g/mol. The Labute approximate surface area is 90.1 Å². The molecule has 0 fully saturated rings. The summed E-state index contributed by atoms with van der Waals surface area (Å²) >= 11 is 0. The summed E-state index contributed by atoms with van der Waals surface area (Å²) in [5, 5.41) is 17.7. The summed E-state index contributed by atoms with van der Waals surface area (Å²) in [6.07, 6.45) is 1.39. The van der Waals surface area contributed by atoms with Gasteiger partial charge in [-0.25, -0.2) is 4.98 Å². The first-order valence-electron chi connectivity index (χ1n) is 4.83. The van der Waals surface area contributed by atoms with Gasteiger partial charge in [0, 0.05) is 11.7 Å². The maximum Gasteiger partial charge on any atom is 0.490 e. The molecule has 1 aromatic rings. The monoisotopic (exact) mass is 209 g/mol. The summed E-state index contributed by atoms with van der Waals surface area (Å²) in [6.45, 7) is 6.78. The Morgan fingerprint density at radius 3 is 2.40 bits per heavy atom. The molecule has 5 heteroatoms. The fraction of sp³-hybridized carbons (Fsp3) is 0.500. The summed E-state index contributed by atoms with van der Waals surface area (Å²) < 4.78 is 5.43. The van der Waals surface area contributed by atoms with Crippen molar-refractivity contribution in [3.8, 4) is 5.88 Å². The van der Waals surface area contributed by atoms with Crippen LogP contribution in [-0.4, -0.2) is 28.8 Å². The summed E-state index contributed by atoms with van der Waals surface area (Å²) in [7, 11) is -1.48. The topological polar surface area (TPSA) is 62.6 Å². The van der Waals surface area contributed by atoms with E-state index in [-0.39, 0.29) is 5.41 Å². The highest BCUT2D eigenvalue weighted by atomic mass is 16.5. The van der Waals surface area contributed by atoms with Gasteiger partial charge in [-0.05, 0) is 11.5 Å². The van der Waals surface area contributed by atoms with E-state index >= 15 is 0 Å². The van der Waals surface area contributed by atoms with E-state index in [2.05, 4.69) is 25.8 Å². The van der Waals surface area contributed by atoms with Gasteiger partial charge in [0.15, 0.2) is 0 Å². The molecule has 0 radical (unpaired) electrons. The largest absolute Gasteiger partial charge is 0.490 e. The first kappa shape index (κ1) is 12.0. The summed E-state index contributed by atoms with van der Waals surface area (Å²) in [5.74, 6) is 0.495. The van der Waals surface area contributed by atoms with Gasteiger partial charge in [-0.1, -0.05) is 26.8 Å². The van der Waals surface area contributed by atoms with Crippen LogP contribution in [0.15, 0.2) is 18.3 Å². The molecule has 4 nitrogen and oxygen atoms in total. The molecule has 15 heavy (non-hydrogen) atoms. The maximum atomic E-state index is 8.85. The first-order chi connectivity index (χ1) is 6.88. The van der Waals surface area contributed by atoms with Gasteiger partial charge in [0.1, 0.15) is 0 Å². The lowest BCUT2D eigenvalue weighted by molar-refractivity contribution is 0.191. The van der Waals surface area contributed by atoms with Gasteiger partial charge < -0.3 is 14.8 Å². The molecule has 1 heterocycles. The Bertz CT molecular complexity index is 305. The van der Waals surface area contributed by atoms with Crippen molar-refractivity contribution in [2.75, 3.05) is 6.61 Å². The molecule has 0 amide bonds. The fourth-order valence-corrected chi connectivity index (χ4v) is 0.920. The number of nitrogens with zero attached hydrogens (tertiary/aromatic N) is 1. The average molecular weight is 209 g/mol. The Kier molecular flexibility index (Phi) is 3.71. The molecule has 1 aromatic heterocycles. The van der Waals surface area contributed by atoms with Crippen LogP contribution in [0.2, 0.25) is 0 Å². The van der Waals surface area contributed by atoms with Gasteiger partial charge in [0.25, 0.3) is 0 Å². The lowest BCUT2D eigenvalue weighted by Crippen LogP contribution is -2.30. The summed E-state index contributed by atoms with van der Waals surface area (Å²) in [6, 6.07) is 3.20. The van der Waals surface area contributed by atoms with Gasteiger partial charge in [-0.2, -0.15) is 0 Å². The summed E-state index contributed by atoms with van der Waals surface area (Å²) in [5.41, 5.74) is 0.440.